The number of hydrogen-bond donors (Lipinski definition) is 0. The predicted molar refractivity (Wildman–Crippen MR) is 66.2 cm³/mol. The maximum atomic E-state index is 11.5. The fourth-order valence-corrected chi connectivity index (χ4v) is 1.86. The molecule has 0 aromatic heterocycles. The molecule has 83 valence electrons. The highest BCUT2D eigenvalue weighted by atomic mass is 16.3. The number of benzene rings is 2. The van der Waals surface area contributed by atoms with Crippen molar-refractivity contribution in [1.29, 1.82) is 5.26 Å². The molecule has 0 aliphatic rings. The normalized spacial score (nSPS) is 9.94. The number of nitrogens with zero attached hydrogens (tertiary/aromatic N) is 1. The monoisotopic (exact) mass is 222 g/mol. The van der Waals surface area contributed by atoms with Crippen LogP contribution in [0.1, 0.15) is 16.7 Å². The van der Waals surface area contributed by atoms with Gasteiger partial charge in [-0.3, -0.25) is 5.11 Å². The Morgan fingerprint density at radius 3 is 2.53 bits per heavy atom. The summed E-state index contributed by atoms with van der Waals surface area (Å²) in [7, 11) is 0. The van der Waals surface area contributed by atoms with Gasteiger partial charge >= 0.3 is 0 Å². The lowest BCUT2D eigenvalue weighted by molar-refractivity contribution is 0.351. The summed E-state index contributed by atoms with van der Waals surface area (Å²) in [4.78, 5) is 0. The standard InChI is InChI=1S/C15H12NO/c1-10-11(2)15(17)7-6-14(10)13-5-3-4-12(8-13)9-16/h3-8H,1-2H3. The molecule has 0 unspecified atom stereocenters. The van der Waals surface area contributed by atoms with Crippen LogP contribution >= 0.6 is 0 Å². The Morgan fingerprint density at radius 1 is 1.06 bits per heavy atom. The molecule has 2 aromatic carbocycles. The highest BCUT2D eigenvalue weighted by Crippen LogP contribution is 2.30. The largest absolute Gasteiger partial charge is 0.290 e. The molecule has 0 bridgehead atoms. The Kier molecular flexibility index (Phi) is 2.84. The van der Waals surface area contributed by atoms with E-state index in [1.165, 1.54) is 0 Å². The molecule has 2 heteroatoms. The van der Waals surface area contributed by atoms with Crippen molar-refractivity contribution in [3.63, 3.8) is 0 Å². The van der Waals surface area contributed by atoms with Gasteiger partial charge in [0.05, 0.1) is 11.6 Å². The molecule has 17 heavy (non-hydrogen) atoms. The van der Waals surface area contributed by atoms with Crippen LogP contribution in [0, 0.1) is 25.2 Å². The summed E-state index contributed by atoms with van der Waals surface area (Å²) in [6.45, 7) is 3.76. The van der Waals surface area contributed by atoms with Crippen LogP contribution in [-0.2, 0) is 5.11 Å². The van der Waals surface area contributed by atoms with Crippen LogP contribution in [-0.4, -0.2) is 0 Å². The lowest BCUT2D eigenvalue weighted by Gasteiger charge is -2.09. The van der Waals surface area contributed by atoms with Crippen LogP contribution < -0.4 is 0 Å². The van der Waals surface area contributed by atoms with Crippen molar-refractivity contribution in [3.05, 3.63) is 53.1 Å². The molecule has 0 fully saturated rings. The Balaban J connectivity index is 2.61. The van der Waals surface area contributed by atoms with Crippen molar-refractivity contribution in [2.24, 2.45) is 0 Å². The van der Waals surface area contributed by atoms with Gasteiger partial charge in [0.15, 0.2) is 5.75 Å². The van der Waals surface area contributed by atoms with Gasteiger partial charge in [-0.15, -0.1) is 0 Å². The van der Waals surface area contributed by atoms with Crippen LogP contribution in [0.3, 0.4) is 0 Å². The summed E-state index contributed by atoms with van der Waals surface area (Å²) in [5.41, 5.74) is 4.37. The molecule has 0 aliphatic carbocycles. The number of hydrogen-bond acceptors (Lipinski definition) is 1. The van der Waals surface area contributed by atoms with Crippen LogP contribution in [0.4, 0.5) is 0 Å². The van der Waals surface area contributed by atoms with E-state index < -0.39 is 0 Å². The van der Waals surface area contributed by atoms with E-state index >= 15 is 0 Å². The third-order valence-corrected chi connectivity index (χ3v) is 3.04. The van der Waals surface area contributed by atoms with Gasteiger partial charge in [0, 0.05) is 0 Å². The zero-order valence-electron chi connectivity index (χ0n) is 9.82. The maximum Gasteiger partial charge on any atom is 0.181 e. The van der Waals surface area contributed by atoms with E-state index in [1.807, 2.05) is 38.1 Å². The smallest absolute Gasteiger partial charge is 0.181 e. The van der Waals surface area contributed by atoms with Crippen LogP contribution in [0.5, 0.6) is 5.75 Å². The minimum Gasteiger partial charge on any atom is -0.290 e. The molecule has 0 saturated heterocycles. The summed E-state index contributed by atoms with van der Waals surface area (Å²) < 4.78 is 0. The van der Waals surface area contributed by atoms with E-state index in [0.717, 1.165) is 22.3 Å². The first-order valence-corrected chi connectivity index (χ1v) is 5.41. The third kappa shape index (κ3) is 2.00. The van der Waals surface area contributed by atoms with E-state index in [9.17, 15) is 5.11 Å². The second-order valence-electron chi connectivity index (χ2n) is 4.05. The molecule has 2 nitrogen and oxygen atoms in total. The highest BCUT2D eigenvalue weighted by Gasteiger charge is 2.08. The Hall–Kier alpha value is -2.27. The van der Waals surface area contributed by atoms with Crippen molar-refractivity contribution in [1.82, 2.24) is 0 Å². The lowest BCUT2D eigenvalue weighted by atomic mass is 9.95. The average molecular weight is 222 g/mol. The lowest BCUT2D eigenvalue weighted by Crippen LogP contribution is -1.88. The fraction of sp³-hybridized carbons (Fsp3) is 0.133. The molecule has 0 saturated carbocycles. The number of rotatable bonds is 1. The van der Waals surface area contributed by atoms with Crippen LogP contribution in [0.15, 0.2) is 36.4 Å². The quantitative estimate of drug-likeness (QED) is 0.719. The second-order valence-corrected chi connectivity index (χ2v) is 4.05. The second kappa shape index (κ2) is 4.31. The van der Waals surface area contributed by atoms with Gasteiger partial charge in [-0.05, 0) is 54.3 Å². The van der Waals surface area contributed by atoms with Gasteiger partial charge in [0.25, 0.3) is 0 Å². The van der Waals surface area contributed by atoms with Gasteiger partial charge in [-0.2, -0.15) is 5.26 Å². The predicted octanol–water partition coefficient (Wildman–Crippen LogP) is 3.99. The zero-order chi connectivity index (χ0) is 12.4. The molecule has 2 rings (SSSR count). The third-order valence-electron chi connectivity index (χ3n) is 3.04. The van der Waals surface area contributed by atoms with Gasteiger partial charge in [0.2, 0.25) is 0 Å². The molecule has 1 radical (unpaired) electrons. The van der Waals surface area contributed by atoms with Crippen LogP contribution in [0.25, 0.3) is 11.1 Å². The van der Waals surface area contributed by atoms with E-state index in [1.54, 1.807) is 12.1 Å². The van der Waals surface area contributed by atoms with Crippen molar-refractivity contribution in [2.45, 2.75) is 13.8 Å². The van der Waals surface area contributed by atoms with E-state index in [4.69, 9.17) is 5.26 Å². The maximum absolute atomic E-state index is 11.5. The van der Waals surface area contributed by atoms with E-state index in [2.05, 4.69) is 6.07 Å². The SMILES string of the molecule is Cc1c([O])ccc(-c2cccc(C#N)c2)c1C. The fourth-order valence-electron chi connectivity index (χ4n) is 1.86. The molecule has 0 aliphatic heterocycles. The summed E-state index contributed by atoms with van der Waals surface area (Å²) in [5, 5.41) is 20.4. The Morgan fingerprint density at radius 2 is 1.82 bits per heavy atom. The molecule has 2 aromatic rings. The van der Waals surface area contributed by atoms with Gasteiger partial charge in [-0.1, -0.05) is 18.2 Å². The van der Waals surface area contributed by atoms with Crippen molar-refractivity contribution in [2.75, 3.05) is 0 Å². The molecular formula is C15H12NO. The molecule has 0 heterocycles. The molecule has 0 N–H and O–H groups in total. The summed E-state index contributed by atoms with van der Waals surface area (Å²) in [5.74, 6) is 0.0580. The minimum atomic E-state index is 0.0580. The van der Waals surface area contributed by atoms with Gasteiger partial charge < -0.3 is 0 Å². The first-order valence-electron chi connectivity index (χ1n) is 5.41. The van der Waals surface area contributed by atoms with Crippen molar-refractivity contribution >= 4 is 0 Å². The summed E-state index contributed by atoms with van der Waals surface area (Å²) in [6, 6.07) is 12.9. The van der Waals surface area contributed by atoms with Crippen molar-refractivity contribution in [3.8, 4) is 22.9 Å². The Bertz CT molecular complexity index is 609. The van der Waals surface area contributed by atoms with E-state index in [0.29, 0.717) is 5.56 Å². The summed E-state index contributed by atoms with van der Waals surface area (Å²) >= 11 is 0. The Labute approximate surface area is 101 Å². The van der Waals surface area contributed by atoms with E-state index in [-0.39, 0.29) is 5.75 Å². The summed E-state index contributed by atoms with van der Waals surface area (Å²) in [6.07, 6.45) is 0. The zero-order valence-corrected chi connectivity index (χ0v) is 9.82. The van der Waals surface area contributed by atoms with Crippen LogP contribution in [0.2, 0.25) is 0 Å². The highest BCUT2D eigenvalue weighted by molar-refractivity contribution is 5.71. The average Bonchev–Trinajstić information content (AvgIpc) is 2.36. The molecular weight excluding hydrogens is 210 g/mol. The number of nitriles is 1. The molecule has 0 atom stereocenters. The first kappa shape index (κ1) is 11.2. The minimum absolute atomic E-state index is 0.0580. The van der Waals surface area contributed by atoms with Crippen molar-refractivity contribution < 1.29 is 5.11 Å². The van der Waals surface area contributed by atoms with Gasteiger partial charge in [-0.25, -0.2) is 0 Å². The molecule has 0 spiro atoms. The van der Waals surface area contributed by atoms with Gasteiger partial charge in [0.1, 0.15) is 0 Å². The first-order chi connectivity index (χ1) is 8.13. The topological polar surface area (TPSA) is 43.7 Å². The molecule has 0 amide bonds.